The van der Waals surface area contributed by atoms with Crippen LogP contribution in [0.5, 0.6) is 5.88 Å². The molecule has 0 amide bonds. The molecule has 0 bridgehead atoms. The van der Waals surface area contributed by atoms with E-state index in [2.05, 4.69) is 0 Å². The minimum atomic E-state index is -4.00. The SMILES string of the molecule is CCOCCS(=O)(=O)c1c(O)[nH]c(=O)[nH]c1=O. The van der Waals surface area contributed by atoms with Crippen molar-refractivity contribution in [3.8, 4) is 5.88 Å². The Morgan fingerprint density at radius 2 is 1.94 bits per heavy atom. The summed E-state index contributed by atoms with van der Waals surface area (Å²) >= 11 is 0. The molecule has 0 aliphatic rings. The van der Waals surface area contributed by atoms with Crippen molar-refractivity contribution >= 4 is 9.84 Å². The number of nitrogens with one attached hydrogen (secondary N) is 2. The molecule has 0 aliphatic heterocycles. The molecule has 96 valence electrons. The molecule has 1 aromatic heterocycles. The topological polar surface area (TPSA) is 129 Å². The van der Waals surface area contributed by atoms with Gasteiger partial charge in [-0.1, -0.05) is 0 Å². The highest BCUT2D eigenvalue weighted by Gasteiger charge is 2.24. The van der Waals surface area contributed by atoms with Crippen molar-refractivity contribution in [2.45, 2.75) is 11.8 Å². The van der Waals surface area contributed by atoms with E-state index < -0.39 is 37.6 Å². The van der Waals surface area contributed by atoms with Gasteiger partial charge in [0.2, 0.25) is 5.88 Å². The Morgan fingerprint density at radius 1 is 1.29 bits per heavy atom. The number of hydrogen-bond acceptors (Lipinski definition) is 6. The molecular weight excluding hydrogens is 252 g/mol. The van der Waals surface area contributed by atoms with Gasteiger partial charge < -0.3 is 9.84 Å². The fourth-order valence-corrected chi connectivity index (χ4v) is 2.39. The second kappa shape index (κ2) is 5.15. The molecule has 0 unspecified atom stereocenters. The van der Waals surface area contributed by atoms with Gasteiger partial charge in [0.05, 0.1) is 12.4 Å². The van der Waals surface area contributed by atoms with Crippen LogP contribution in [0.15, 0.2) is 14.5 Å². The lowest BCUT2D eigenvalue weighted by molar-refractivity contribution is 0.163. The van der Waals surface area contributed by atoms with Crippen molar-refractivity contribution in [2.24, 2.45) is 0 Å². The first kappa shape index (κ1) is 13.5. The summed E-state index contributed by atoms with van der Waals surface area (Å²) in [5, 5.41) is 9.27. The first-order chi connectivity index (χ1) is 7.88. The summed E-state index contributed by atoms with van der Waals surface area (Å²) < 4.78 is 28.2. The van der Waals surface area contributed by atoms with Crippen LogP contribution < -0.4 is 11.2 Å². The van der Waals surface area contributed by atoms with Crippen molar-refractivity contribution < 1.29 is 18.3 Å². The van der Waals surface area contributed by atoms with Gasteiger partial charge >= 0.3 is 5.69 Å². The summed E-state index contributed by atoms with van der Waals surface area (Å²) in [5.41, 5.74) is -2.13. The standard InChI is InChI=1S/C8H12N2O6S/c1-2-16-3-4-17(14,15)5-6(11)9-8(13)10-7(5)12/h2-4H2,1H3,(H3,9,10,11,12,13). The minimum absolute atomic E-state index is 0.100. The molecule has 0 aromatic carbocycles. The zero-order valence-corrected chi connectivity index (χ0v) is 9.83. The van der Waals surface area contributed by atoms with Gasteiger partial charge in [-0.25, -0.2) is 13.2 Å². The minimum Gasteiger partial charge on any atom is -0.493 e. The van der Waals surface area contributed by atoms with Crippen LogP contribution in [0.25, 0.3) is 0 Å². The molecule has 1 aromatic rings. The van der Waals surface area contributed by atoms with Crippen LogP contribution in [0.1, 0.15) is 6.92 Å². The average Bonchev–Trinajstić information content (AvgIpc) is 2.15. The zero-order chi connectivity index (χ0) is 13.1. The van der Waals surface area contributed by atoms with Gasteiger partial charge in [-0.05, 0) is 6.92 Å². The van der Waals surface area contributed by atoms with Crippen molar-refractivity contribution in [2.75, 3.05) is 19.0 Å². The van der Waals surface area contributed by atoms with Crippen LogP contribution in [-0.4, -0.2) is 42.5 Å². The zero-order valence-electron chi connectivity index (χ0n) is 9.02. The summed E-state index contributed by atoms with van der Waals surface area (Å²) in [5.74, 6) is -1.42. The van der Waals surface area contributed by atoms with Gasteiger partial charge in [-0.15, -0.1) is 0 Å². The third kappa shape index (κ3) is 3.17. The summed E-state index contributed by atoms with van der Waals surface area (Å²) in [6, 6.07) is 0. The molecule has 9 heteroatoms. The highest BCUT2D eigenvalue weighted by molar-refractivity contribution is 7.91. The predicted molar refractivity (Wildman–Crippen MR) is 57.9 cm³/mol. The first-order valence-corrected chi connectivity index (χ1v) is 6.39. The number of rotatable bonds is 5. The van der Waals surface area contributed by atoms with E-state index in [4.69, 9.17) is 4.74 Å². The molecule has 1 heterocycles. The normalized spacial score (nSPS) is 11.6. The number of ether oxygens (including phenoxy) is 1. The number of hydrogen-bond donors (Lipinski definition) is 3. The summed E-state index contributed by atoms with van der Waals surface area (Å²) in [7, 11) is -4.00. The van der Waals surface area contributed by atoms with Gasteiger partial charge in [0.1, 0.15) is 0 Å². The monoisotopic (exact) mass is 264 g/mol. The van der Waals surface area contributed by atoms with E-state index in [9.17, 15) is 23.1 Å². The second-order valence-corrected chi connectivity index (χ2v) is 5.15. The molecule has 0 saturated heterocycles. The van der Waals surface area contributed by atoms with Crippen LogP contribution in [0.3, 0.4) is 0 Å². The smallest absolute Gasteiger partial charge is 0.328 e. The molecule has 3 N–H and O–H groups in total. The summed E-state index contributed by atoms with van der Waals surface area (Å²) in [6.07, 6.45) is 0. The molecule has 1 rings (SSSR count). The van der Waals surface area contributed by atoms with Crippen molar-refractivity contribution in [3.05, 3.63) is 20.8 Å². The molecule has 0 aliphatic carbocycles. The van der Waals surface area contributed by atoms with Crippen molar-refractivity contribution in [1.29, 1.82) is 0 Å². The maximum atomic E-state index is 11.7. The lowest BCUT2D eigenvalue weighted by atomic mass is 10.6. The Kier molecular flexibility index (Phi) is 4.07. The highest BCUT2D eigenvalue weighted by atomic mass is 32.2. The van der Waals surface area contributed by atoms with E-state index in [1.54, 1.807) is 16.9 Å². The third-order valence-electron chi connectivity index (χ3n) is 1.89. The highest BCUT2D eigenvalue weighted by Crippen LogP contribution is 2.14. The molecule has 17 heavy (non-hydrogen) atoms. The van der Waals surface area contributed by atoms with Crippen molar-refractivity contribution in [1.82, 2.24) is 9.97 Å². The molecule has 0 radical (unpaired) electrons. The fraction of sp³-hybridized carbons (Fsp3) is 0.500. The van der Waals surface area contributed by atoms with E-state index in [-0.39, 0.29) is 6.61 Å². The summed E-state index contributed by atoms with van der Waals surface area (Å²) in [4.78, 5) is 24.7. The third-order valence-corrected chi connectivity index (χ3v) is 3.60. The van der Waals surface area contributed by atoms with Crippen LogP contribution in [0.2, 0.25) is 0 Å². The van der Waals surface area contributed by atoms with Crippen LogP contribution in [0, 0.1) is 0 Å². The number of aromatic amines is 2. The number of aromatic nitrogens is 2. The number of aromatic hydroxyl groups is 1. The van der Waals surface area contributed by atoms with E-state index in [0.29, 0.717) is 6.61 Å². The molecule has 0 saturated carbocycles. The Hall–Kier alpha value is -1.61. The Bertz CT molecular complexity index is 599. The quantitative estimate of drug-likeness (QED) is 0.560. The Labute approximate surface area is 96.2 Å². The van der Waals surface area contributed by atoms with E-state index >= 15 is 0 Å². The Balaban J connectivity index is 3.16. The molecular formula is C8H12N2O6S. The van der Waals surface area contributed by atoms with E-state index in [0.717, 1.165) is 0 Å². The van der Waals surface area contributed by atoms with Gasteiger partial charge in [-0.2, -0.15) is 0 Å². The maximum absolute atomic E-state index is 11.7. The molecule has 0 spiro atoms. The van der Waals surface area contributed by atoms with Crippen LogP contribution in [0.4, 0.5) is 0 Å². The Morgan fingerprint density at radius 3 is 2.47 bits per heavy atom. The van der Waals surface area contributed by atoms with Gasteiger partial charge in [0, 0.05) is 6.61 Å². The lowest BCUT2D eigenvalue weighted by Crippen LogP contribution is -2.29. The van der Waals surface area contributed by atoms with Gasteiger partial charge in [-0.3, -0.25) is 14.8 Å². The van der Waals surface area contributed by atoms with Crippen LogP contribution in [-0.2, 0) is 14.6 Å². The van der Waals surface area contributed by atoms with E-state index in [1.165, 1.54) is 0 Å². The van der Waals surface area contributed by atoms with E-state index in [1.807, 2.05) is 0 Å². The summed E-state index contributed by atoms with van der Waals surface area (Å²) in [6.45, 7) is 1.93. The molecule has 8 nitrogen and oxygen atoms in total. The fourth-order valence-electron chi connectivity index (χ4n) is 1.17. The van der Waals surface area contributed by atoms with Gasteiger partial charge in [0.25, 0.3) is 5.56 Å². The number of H-pyrrole nitrogens is 2. The average molecular weight is 264 g/mol. The second-order valence-electron chi connectivity index (χ2n) is 3.10. The molecule has 0 fully saturated rings. The van der Waals surface area contributed by atoms with Crippen molar-refractivity contribution in [3.63, 3.8) is 0 Å². The lowest BCUT2D eigenvalue weighted by Gasteiger charge is -2.04. The predicted octanol–water partition coefficient (Wildman–Crippen LogP) is -1.42. The van der Waals surface area contributed by atoms with Crippen LogP contribution >= 0.6 is 0 Å². The molecule has 0 atom stereocenters. The largest absolute Gasteiger partial charge is 0.493 e. The number of sulfone groups is 1. The van der Waals surface area contributed by atoms with Gasteiger partial charge in [0.15, 0.2) is 14.7 Å². The maximum Gasteiger partial charge on any atom is 0.328 e. The first-order valence-electron chi connectivity index (χ1n) is 4.74.